The molecule has 35 heavy (non-hydrogen) atoms. The highest BCUT2D eigenvalue weighted by Crippen LogP contribution is 2.54. The summed E-state index contributed by atoms with van der Waals surface area (Å²) < 4.78 is 29.6. The Morgan fingerprint density at radius 1 is 1.11 bits per heavy atom. The van der Waals surface area contributed by atoms with Crippen LogP contribution in [0, 0.1) is 17.8 Å². The van der Waals surface area contributed by atoms with E-state index in [1.165, 1.54) is 0 Å². The number of piperidine rings is 1. The molecule has 3 aliphatic heterocycles. The Morgan fingerprint density at radius 3 is 2.46 bits per heavy atom. The molecule has 1 aliphatic carbocycles. The predicted molar refractivity (Wildman–Crippen MR) is 135 cm³/mol. The lowest BCUT2D eigenvalue weighted by Gasteiger charge is -2.62. The van der Waals surface area contributed by atoms with E-state index in [2.05, 4.69) is 71.8 Å². The van der Waals surface area contributed by atoms with Crippen LogP contribution >= 0.6 is 0 Å². The van der Waals surface area contributed by atoms with Crippen molar-refractivity contribution in [2.24, 2.45) is 17.8 Å². The quantitative estimate of drug-likeness (QED) is 0.403. The average molecular weight is 494 g/mol. The van der Waals surface area contributed by atoms with E-state index in [0.29, 0.717) is 25.7 Å². The lowest BCUT2D eigenvalue weighted by Crippen LogP contribution is -2.72. The average Bonchev–Trinajstić information content (AvgIpc) is 3.59. The molecule has 9 atom stereocenters. The lowest BCUT2D eigenvalue weighted by molar-refractivity contribution is -0.381. The van der Waals surface area contributed by atoms with Gasteiger partial charge in [-0.3, -0.25) is 4.84 Å². The van der Waals surface area contributed by atoms with E-state index >= 15 is 0 Å². The van der Waals surface area contributed by atoms with E-state index in [4.69, 9.17) is 28.5 Å². The molecule has 7 heteroatoms. The van der Waals surface area contributed by atoms with Crippen molar-refractivity contribution in [3.63, 3.8) is 0 Å². The normalized spacial score (nSPS) is 44.5. The summed E-state index contributed by atoms with van der Waals surface area (Å²) in [5, 5.41) is 2.32. The number of hydrogen-bond acceptors (Lipinski definition) is 7. The van der Waals surface area contributed by atoms with Gasteiger partial charge in [0, 0.05) is 30.9 Å². The van der Waals surface area contributed by atoms with Gasteiger partial charge in [0.15, 0.2) is 5.79 Å². The number of allylic oxidation sites excluding steroid dienone is 2. The number of nitrogens with zero attached hydrogens (tertiary/aromatic N) is 1. The first-order chi connectivity index (χ1) is 16.6. The van der Waals surface area contributed by atoms with Crippen LogP contribution < -0.4 is 0 Å². The Morgan fingerprint density at radius 2 is 1.86 bits per heavy atom. The minimum atomic E-state index is -0.625. The van der Waals surface area contributed by atoms with Gasteiger partial charge in [-0.05, 0) is 51.7 Å². The molecule has 0 radical (unpaired) electrons. The van der Waals surface area contributed by atoms with Crippen LogP contribution in [0.3, 0.4) is 0 Å². The molecule has 0 aromatic carbocycles. The Labute approximate surface area is 212 Å². The second-order valence-corrected chi connectivity index (χ2v) is 11.5. The van der Waals surface area contributed by atoms with Crippen molar-refractivity contribution < 1.29 is 28.5 Å². The molecule has 0 saturated carbocycles. The number of hydroxylamine groups is 2. The largest absolute Gasteiger partial charge is 0.491 e. The smallest absolute Gasteiger partial charge is 0.175 e. The number of rotatable bonds is 10. The molecule has 7 nitrogen and oxygen atoms in total. The lowest BCUT2D eigenvalue weighted by atomic mass is 9.67. The van der Waals surface area contributed by atoms with Crippen LogP contribution in [0.15, 0.2) is 24.0 Å². The van der Waals surface area contributed by atoms with Crippen molar-refractivity contribution in [1.82, 2.24) is 5.06 Å². The van der Waals surface area contributed by atoms with Crippen LogP contribution in [0.2, 0.25) is 0 Å². The number of hydrogen-bond donors (Lipinski definition) is 0. The zero-order valence-electron chi connectivity index (χ0n) is 23.0. The minimum Gasteiger partial charge on any atom is -0.491 e. The van der Waals surface area contributed by atoms with Crippen LogP contribution in [0.4, 0.5) is 0 Å². The highest BCUT2D eigenvalue weighted by atomic mass is 16.8. The fourth-order valence-corrected chi connectivity index (χ4v) is 6.24. The Bertz CT molecular complexity index is 798. The molecule has 9 unspecified atom stereocenters. The predicted octanol–water partition coefficient (Wildman–Crippen LogP) is 4.87. The molecule has 0 amide bonds. The number of ether oxygens (including phenoxy) is 5. The highest BCUT2D eigenvalue weighted by molar-refractivity contribution is 5.21. The van der Waals surface area contributed by atoms with Gasteiger partial charge < -0.3 is 23.7 Å². The molecular weight excluding hydrogens is 446 g/mol. The van der Waals surface area contributed by atoms with E-state index in [-0.39, 0.29) is 41.2 Å². The minimum absolute atomic E-state index is 0.00969. The summed E-state index contributed by atoms with van der Waals surface area (Å²) in [6, 6.07) is 0. The van der Waals surface area contributed by atoms with Crippen LogP contribution in [-0.2, 0) is 28.5 Å². The second-order valence-electron chi connectivity index (χ2n) is 11.5. The first-order valence-corrected chi connectivity index (χ1v) is 13.5. The molecule has 200 valence electrons. The van der Waals surface area contributed by atoms with Crippen LogP contribution in [-0.4, -0.2) is 73.8 Å². The topological polar surface area (TPSA) is 61.9 Å². The summed E-state index contributed by atoms with van der Waals surface area (Å²) in [5.41, 5.74) is -0.487. The second kappa shape index (κ2) is 10.4. The van der Waals surface area contributed by atoms with Crippen LogP contribution in [0.1, 0.15) is 67.7 Å². The van der Waals surface area contributed by atoms with E-state index in [1.54, 1.807) is 7.11 Å². The van der Waals surface area contributed by atoms with Crippen molar-refractivity contribution >= 4 is 0 Å². The summed E-state index contributed by atoms with van der Waals surface area (Å²) >= 11 is 0. The third-order valence-electron chi connectivity index (χ3n) is 9.05. The van der Waals surface area contributed by atoms with E-state index in [0.717, 1.165) is 31.6 Å². The van der Waals surface area contributed by atoms with Crippen molar-refractivity contribution in [3.8, 4) is 0 Å². The molecule has 0 aromatic rings. The maximum Gasteiger partial charge on any atom is 0.175 e. The van der Waals surface area contributed by atoms with Crippen molar-refractivity contribution in [3.05, 3.63) is 24.0 Å². The molecular formula is C28H47NO6. The first-order valence-electron chi connectivity index (χ1n) is 13.5. The van der Waals surface area contributed by atoms with Crippen molar-refractivity contribution in [2.75, 3.05) is 33.5 Å². The highest BCUT2D eigenvalue weighted by Gasteiger charge is 2.64. The number of epoxide rings is 1. The zero-order chi connectivity index (χ0) is 25.4. The van der Waals surface area contributed by atoms with Crippen molar-refractivity contribution in [2.45, 2.75) is 103 Å². The van der Waals surface area contributed by atoms with Gasteiger partial charge in [0.05, 0.1) is 31.5 Å². The summed E-state index contributed by atoms with van der Waals surface area (Å²) in [6.07, 6.45) is 9.42. The molecule has 3 heterocycles. The molecule has 4 aliphatic rings. The fraction of sp³-hybridized carbons (Fsp3) is 0.857. The molecule has 4 rings (SSSR count). The fourth-order valence-electron chi connectivity index (χ4n) is 6.24. The Kier molecular flexibility index (Phi) is 8.07. The Hall–Kier alpha value is -0.960. The van der Waals surface area contributed by atoms with E-state index in [1.807, 2.05) is 0 Å². The molecule has 0 aromatic heterocycles. The molecule has 0 bridgehead atoms. The van der Waals surface area contributed by atoms with Gasteiger partial charge in [0.25, 0.3) is 0 Å². The van der Waals surface area contributed by atoms with Gasteiger partial charge in [0.1, 0.15) is 24.6 Å². The molecule has 1 spiro atoms. The van der Waals surface area contributed by atoms with Gasteiger partial charge in [0.2, 0.25) is 0 Å². The van der Waals surface area contributed by atoms with Crippen molar-refractivity contribution in [1.29, 1.82) is 0 Å². The zero-order valence-corrected chi connectivity index (χ0v) is 23.0. The molecule has 3 saturated heterocycles. The summed E-state index contributed by atoms with van der Waals surface area (Å²) in [4.78, 5) is 6.96. The monoisotopic (exact) mass is 493 g/mol. The van der Waals surface area contributed by atoms with Crippen LogP contribution in [0.25, 0.3) is 0 Å². The first kappa shape index (κ1) is 27.1. The summed E-state index contributed by atoms with van der Waals surface area (Å²) in [7, 11) is 1.72. The van der Waals surface area contributed by atoms with Gasteiger partial charge in [-0.25, -0.2) is 0 Å². The third-order valence-corrected chi connectivity index (χ3v) is 9.05. The van der Waals surface area contributed by atoms with Crippen LogP contribution in [0.5, 0.6) is 0 Å². The van der Waals surface area contributed by atoms with E-state index in [9.17, 15) is 0 Å². The maximum absolute atomic E-state index is 6.96. The van der Waals surface area contributed by atoms with Gasteiger partial charge in [-0.2, -0.15) is 5.06 Å². The summed E-state index contributed by atoms with van der Waals surface area (Å²) in [6.45, 7) is 18.3. The SMILES string of the molecule is CCC1(C)CC2(OCC(COC)O2)C(C)C(C)(CC)N1OC(C)C1C=CC(OCC2CO2)=CC1C. The summed E-state index contributed by atoms with van der Waals surface area (Å²) in [5.74, 6) is 1.01. The number of methoxy groups -OCH3 is 1. The molecule has 0 N–H and O–H groups in total. The molecule has 3 fully saturated rings. The third kappa shape index (κ3) is 5.23. The maximum atomic E-state index is 6.96. The Balaban J connectivity index is 1.50. The van der Waals surface area contributed by atoms with Gasteiger partial charge in [-0.15, -0.1) is 0 Å². The van der Waals surface area contributed by atoms with E-state index < -0.39 is 5.79 Å². The standard InChI is InChI=1S/C28H47NO6/c1-9-26(6)18-28(33-17-24(34-28)14-30-8)21(5)27(7,10-2)29(26)35-20(4)25-12-11-22(13-19(25)3)31-15-23-16-32-23/h11-13,19-21,23-25H,9-10,14-18H2,1-8H3. The van der Waals surface area contributed by atoms with Gasteiger partial charge >= 0.3 is 0 Å². The van der Waals surface area contributed by atoms with Gasteiger partial charge in [-0.1, -0.05) is 33.8 Å².